The molecule has 0 amide bonds. The Kier molecular flexibility index (Phi) is 4.26. The number of hydrogen-bond acceptors (Lipinski definition) is 4. The molecule has 0 heterocycles. The van der Waals surface area contributed by atoms with E-state index in [1.807, 2.05) is 12.1 Å². The van der Waals surface area contributed by atoms with Crippen molar-refractivity contribution in [3.63, 3.8) is 0 Å². The number of carbonyl (C=O) groups is 2. The Morgan fingerprint density at radius 2 is 1.82 bits per heavy atom. The number of hydrogen-bond donors (Lipinski definition) is 0. The lowest BCUT2D eigenvalue weighted by Crippen LogP contribution is -2.14. The smallest absolute Gasteiger partial charge is 0.351 e. The van der Waals surface area contributed by atoms with E-state index in [2.05, 4.69) is 25.5 Å². The fraction of sp³-hybridized carbons (Fsp3) is 0.385. The minimum Gasteiger partial charge on any atom is -0.482 e. The molecule has 0 aliphatic carbocycles. The molecule has 0 atom stereocenters. The fourth-order valence-corrected chi connectivity index (χ4v) is 1.28. The highest BCUT2D eigenvalue weighted by Gasteiger charge is 2.13. The van der Waals surface area contributed by atoms with Crippen molar-refractivity contribution in [1.29, 1.82) is 0 Å². The molecule has 0 saturated carbocycles. The van der Waals surface area contributed by atoms with Crippen LogP contribution in [0.2, 0.25) is 0 Å². The molecule has 92 valence electrons. The van der Waals surface area contributed by atoms with Gasteiger partial charge in [-0.25, -0.2) is 4.79 Å². The normalized spacial score (nSPS) is 10.8. The van der Waals surface area contributed by atoms with Crippen molar-refractivity contribution in [2.45, 2.75) is 26.2 Å². The third-order valence-electron chi connectivity index (χ3n) is 2.26. The molecule has 1 aromatic rings. The van der Waals surface area contributed by atoms with Crippen LogP contribution in [0.1, 0.15) is 26.3 Å². The van der Waals surface area contributed by atoms with E-state index in [-0.39, 0.29) is 18.5 Å². The standard InChI is InChI=1S/C13H16O4/c1-13(2,3)10-4-6-11(7-5-10)16-8-12(15)17-9-14/h4-7,9H,8H2,1-3H3. The zero-order valence-electron chi connectivity index (χ0n) is 10.2. The number of carbonyl (C=O) groups excluding carboxylic acids is 2. The van der Waals surface area contributed by atoms with Crippen molar-refractivity contribution in [3.05, 3.63) is 29.8 Å². The molecule has 1 aromatic carbocycles. The lowest BCUT2D eigenvalue weighted by Gasteiger charge is -2.19. The lowest BCUT2D eigenvalue weighted by molar-refractivity contribution is -0.153. The minimum atomic E-state index is -0.708. The molecule has 0 fully saturated rings. The third kappa shape index (κ3) is 4.26. The van der Waals surface area contributed by atoms with E-state index in [4.69, 9.17) is 4.74 Å². The van der Waals surface area contributed by atoms with Crippen molar-refractivity contribution >= 4 is 12.4 Å². The first-order valence-corrected chi connectivity index (χ1v) is 5.30. The van der Waals surface area contributed by atoms with Crippen LogP contribution in [0, 0.1) is 0 Å². The first kappa shape index (κ1) is 13.2. The van der Waals surface area contributed by atoms with Crippen LogP contribution in [0.25, 0.3) is 0 Å². The molecule has 0 spiro atoms. The summed E-state index contributed by atoms with van der Waals surface area (Å²) in [4.78, 5) is 20.7. The summed E-state index contributed by atoms with van der Waals surface area (Å²) in [5.41, 5.74) is 1.26. The van der Waals surface area contributed by atoms with Crippen molar-refractivity contribution in [3.8, 4) is 5.75 Å². The summed E-state index contributed by atoms with van der Waals surface area (Å²) in [6.07, 6.45) is 0. The molecule has 0 N–H and O–H groups in total. The van der Waals surface area contributed by atoms with Gasteiger partial charge in [0.15, 0.2) is 6.61 Å². The molecule has 0 saturated heterocycles. The van der Waals surface area contributed by atoms with Crippen LogP contribution in [-0.4, -0.2) is 19.0 Å². The minimum absolute atomic E-state index is 0.0784. The van der Waals surface area contributed by atoms with E-state index in [1.165, 1.54) is 5.56 Å². The summed E-state index contributed by atoms with van der Waals surface area (Å²) >= 11 is 0. The molecule has 0 bridgehead atoms. The predicted molar refractivity (Wildman–Crippen MR) is 62.8 cm³/mol. The van der Waals surface area contributed by atoms with Gasteiger partial charge in [0.05, 0.1) is 0 Å². The summed E-state index contributed by atoms with van der Waals surface area (Å²) in [5, 5.41) is 0. The topological polar surface area (TPSA) is 52.6 Å². The molecule has 4 nitrogen and oxygen atoms in total. The van der Waals surface area contributed by atoms with Gasteiger partial charge in [-0.3, -0.25) is 4.79 Å². The average molecular weight is 236 g/mol. The van der Waals surface area contributed by atoms with Gasteiger partial charge in [-0.1, -0.05) is 32.9 Å². The second-order valence-electron chi connectivity index (χ2n) is 4.65. The highest BCUT2D eigenvalue weighted by molar-refractivity contribution is 5.77. The van der Waals surface area contributed by atoms with E-state index >= 15 is 0 Å². The van der Waals surface area contributed by atoms with Gasteiger partial charge < -0.3 is 9.47 Å². The molecule has 17 heavy (non-hydrogen) atoms. The van der Waals surface area contributed by atoms with Crippen molar-refractivity contribution in [2.75, 3.05) is 6.61 Å². The average Bonchev–Trinajstić information content (AvgIpc) is 2.26. The summed E-state index contributed by atoms with van der Waals surface area (Å²) in [5.74, 6) is -0.138. The van der Waals surface area contributed by atoms with Gasteiger partial charge in [-0.2, -0.15) is 0 Å². The van der Waals surface area contributed by atoms with E-state index in [9.17, 15) is 9.59 Å². The van der Waals surface area contributed by atoms with Crippen LogP contribution >= 0.6 is 0 Å². The third-order valence-corrected chi connectivity index (χ3v) is 2.26. The van der Waals surface area contributed by atoms with Crippen LogP contribution in [0.5, 0.6) is 5.75 Å². The van der Waals surface area contributed by atoms with E-state index in [0.717, 1.165) is 0 Å². The Balaban J connectivity index is 2.57. The predicted octanol–water partition coefficient (Wildman–Crippen LogP) is 2.06. The Bertz CT molecular complexity index is 387. The zero-order chi connectivity index (χ0) is 12.9. The quantitative estimate of drug-likeness (QED) is 0.456. The Hall–Kier alpha value is -1.84. The van der Waals surface area contributed by atoms with E-state index < -0.39 is 5.97 Å². The summed E-state index contributed by atoms with van der Waals surface area (Å²) in [7, 11) is 0. The molecule has 0 aromatic heterocycles. The van der Waals surface area contributed by atoms with Crippen molar-refractivity contribution < 1.29 is 19.1 Å². The highest BCUT2D eigenvalue weighted by atomic mass is 16.6. The molecule has 4 heteroatoms. The zero-order valence-corrected chi connectivity index (χ0v) is 10.2. The largest absolute Gasteiger partial charge is 0.482 e. The fourth-order valence-electron chi connectivity index (χ4n) is 1.28. The van der Waals surface area contributed by atoms with Crippen LogP contribution in [0.4, 0.5) is 0 Å². The maximum Gasteiger partial charge on any atom is 0.351 e. The highest BCUT2D eigenvalue weighted by Crippen LogP contribution is 2.24. The van der Waals surface area contributed by atoms with Gasteiger partial charge >= 0.3 is 12.4 Å². The molecule has 0 aliphatic rings. The molecule has 0 aliphatic heterocycles. The van der Waals surface area contributed by atoms with Gasteiger partial charge in [-0.05, 0) is 23.1 Å². The van der Waals surface area contributed by atoms with E-state index in [0.29, 0.717) is 5.75 Å². The monoisotopic (exact) mass is 236 g/mol. The van der Waals surface area contributed by atoms with Crippen molar-refractivity contribution in [1.82, 2.24) is 0 Å². The number of rotatable bonds is 4. The van der Waals surface area contributed by atoms with Crippen LogP contribution in [-0.2, 0) is 19.7 Å². The molecular formula is C13H16O4. The Morgan fingerprint density at radius 3 is 2.29 bits per heavy atom. The van der Waals surface area contributed by atoms with Gasteiger partial charge in [0.1, 0.15) is 5.75 Å². The number of ether oxygens (including phenoxy) is 2. The number of esters is 1. The van der Waals surface area contributed by atoms with Crippen molar-refractivity contribution in [2.24, 2.45) is 0 Å². The summed E-state index contributed by atoms with van der Waals surface area (Å²) in [6.45, 7) is 6.17. The first-order chi connectivity index (χ1) is 7.93. The van der Waals surface area contributed by atoms with Crippen LogP contribution in [0.15, 0.2) is 24.3 Å². The summed E-state index contributed by atoms with van der Waals surface area (Å²) < 4.78 is 9.25. The maximum absolute atomic E-state index is 10.9. The Labute approximate surface area is 101 Å². The molecule has 0 unspecified atom stereocenters. The Morgan fingerprint density at radius 1 is 1.24 bits per heavy atom. The second kappa shape index (κ2) is 5.48. The van der Waals surface area contributed by atoms with Gasteiger partial charge in [0, 0.05) is 0 Å². The lowest BCUT2D eigenvalue weighted by atomic mass is 9.87. The molecule has 0 radical (unpaired) electrons. The SMILES string of the molecule is CC(C)(C)c1ccc(OCC(=O)OC=O)cc1. The molecule has 1 rings (SSSR count). The van der Waals surface area contributed by atoms with Gasteiger partial charge in [0.25, 0.3) is 0 Å². The van der Waals surface area contributed by atoms with Crippen LogP contribution < -0.4 is 4.74 Å². The summed E-state index contributed by atoms with van der Waals surface area (Å²) in [6, 6.07) is 7.46. The van der Waals surface area contributed by atoms with Crippen LogP contribution in [0.3, 0.4) is 0 Å². The maximum atomic E-state index is 10.9. The molecular weight excluding hydrogens is 220 g/mol. The number of benzene rings is 1. The van der Waals surface area contributed by atoms with Gasteiger partial charge in [-0.15, -0.1) is 0 Å². The first-order valence-electron chi connectivity index (χ1n) is 5.30. The van der Waals surface area contributed by atoms with E-state index in [1.54, 1.807) is 12.1 Å². The second-order valence-corrected chi connectivity index (χ2v) is 4.65. The van der Waals surface area contributed by atoms with Gasteiger partial charge in [0.2, 0.25) is 0 Å².